The topological polar surface area (TPSA) is 73.2 Å². The monoisotopic (exact) mass is 337 g/mol. The number of carbonyl (C=O) groups is 1. The molecule has 0 aliphatic heterocycles. The van der Waals surface area contributed by atoms with Gasteiger partial charge in [-0.05, 0) is 25.3 Å². The molecule has 0 aliphatic carbocycles. The number of nitrogens with zero attached hydrogens (tertiary/aromatic N) is 2. The average molecular weight is 337 g/mol. The molecule has 1 amide bonds. The van der Waals surface area contributed by atoms with Crippen LogP contribution in [0.5, 0.6) is 0 Å². The summed E-state index contributed by atoms with van der Waals surface area (Å²) in [5, 5.41) is 3.42. The Hall–Kier alpha value is -1.73. The highest BCUT2D eigenvalue weighted by atomic mass is 32.1. The Morgan fingerprint density at radius 3 is 2.87 bits per heavy atom. The van der Waals surface area contributed by atoms with E-state index in [0.29, 0.717) is 33.8 Å². The van der Waals surface area contributed by atoms with Crippen LogP contribution in [0.2, 0.25) is 0 Å². The van der Waals surface area contributed by atoms with Gasteiger partial charge in [-0.1, -0.05) is 13.3 Å². The molecule has 0 aromatic carbocycles. The smallest absolute Gasteiger partial charge is 0.262 e. The summed E-state index contributed by atoms with van der Waals surface area (Å²) in [6.07, 6.45) is 4.44. The number of ether oxygens (including phenoxy) is 1. The van der Waals surface area contributed by atoms with Gasteiger partial charge >= 0.3 is 0 Å². The summed E-state index contributed by atoms with van der Waals surface area (Å²) in [4.78, 5) is 29.8. The second-order valence-corrected chi connectivity index (χ2v) is 6.47. The second kappa shape index (κ2) is 8.21. The van der Waals surface area contributed by atoms with Crippen molar-refractivity contribution in [2.75, 3.05) is 19.8 Å². The largest absolute Gasteiger partial charge is 0.381 e. The first-order chi connectivity index (χ1) is 11.1. The summed E-state index contributed by atoms with van der Waals surface area (Å²) in [5.41, 5.74) is 0.586. The molecule has 2 heterocycles. The molecule has 0 radical (unpaired) electrons. The molecule has 0 saturated heterocycles. The molecule has 0 saturated carbocycles. The minimum absolute atomic E-state index is 0.118. The standard InChI is InChI=1S/C16H23N3O3S/c1-4-5-8-22-9-6-7-17-14(20)13-11(2)12-15(23-13)18-10-19(3)16(12)21/h10H,4-9H2,1-3H3,(H,17,20). The third kappa shape index (κ3) is 4.17. The van der Waals surface area contributed by atoms with Crippen LogP contribution in [0.3, 0.4) is 0 Å². The maximum absolute atomic E-state index is 12.3. The van der Waals surface area contributed by atoms with E-state index in [4.69, 9.17) is 4.74 Å². The highest BCUT2D eigenvalue weighted by Crippen LogP contribution is 2.26. The van der Waals surface area contributed by atoms with Crippen LogP contribution in [0.4, 0.5) is 0 Å². The van der Waals surface area contributed by atoms with Crippen molar-refractivity contribution in [1.82, 2.24) is 14.9 Å². The van der Waals surface area contributed by atoms with Crippen LogP contribution >= 0.6 is 11.3 Å². The number of thiophene rings is 1. The molecular formula is C16H23N3O3S. The van der Waals surface area contributed by atoms with Crippen molar-refractivity contribution in [1.29, 1.82) is 0 Å². The van der Waals surface area contributed by atoms with Crippen LogP contribution in [0.1, 0.15) is 41.4 Å². The number of hydrogen-bond donors (Lipinski definition) is 1. The van der Waals surface area contributed by atoms with Crippen LogP contribution < -0.4 is 10.9 Å². The predicted octanol–water partition coefficient (Wildman–Crippen LogP) is 2.24. The first-order valence-corrected chi connectivity index (χ1v) is 8.68. The number of rotatable bonds is 8. The Bertz CT molecular complexity index is 736. The van der Waals surface area contributed by atoms with E-state index < -0.39 is 0 Å². The van der Waals surface area contributed by atoms with Gasteiger partial charge in [0.15, 0.2) is 0 Å². The highest BCUT2D eigenvalue weighted by Gasteiger charge is 2.18. The fourth-order valence-corrected chi connectivity index (χ4v) is 3.29. The average Bonchev–Trinajstić information content (AvgIpc) is 2.87. The minimum atomic E-state index is -0.152. The SMILES string of the molecule is CCCCOCCCNC(=O)c1sc2ncn(C)c(=O)c2c1C. The summed E-state index contributed by atoms with van der Waals surface area (Å²) in [5.74, 6) is -0.152. The molecule has 0 spiro atoms. The molecule has 0 bridgehead atoms. The number of amides is 1. The summed E-state index contributed by atoms with van der Waals surface area (Å²) < 4.78 is 6.89. The molecule has 2 aromatic heterocycles. The number of carbonyl (C=O) groups excluding carboxylic acids is 1. The molecule has 0 unspecified atom stereocenters. The first kappa shape index (κ1) is 17.6. The zero-order chi connectivity index (χ0) is 16.8. The van der Waals surface area contributed by atoms with Gasteiger partial charge in [0.1, 0.15) is 4.83 Å². The molecule has 0 aliphatic rings. The van der Waals surface area contributed by atoms with Gasteiger partial charge in [-0.3, -0.25) is 9.59 Å². The van der Waals surface area contributed by atoms with Crippen molar-refractivity contribution in [3.63, 3.8) is 0 Å². The number of aryl methyl sites for hydroxylation is 2. The third-order valence-electron chi connectivity index (χ3n) is 3.61. The lowest BCUT2D eigenvalue weighted by Crippen LogP contribution is -2.25. The zero-order valence-corrected chi connectivity index (χ0v) is 14.7. The maximum Gasteiger partial charge on any atom is 0.262 e. The van der Waals surface area contributed by atoms with Crippen molar-refractivity contribution in [2.24, 2.45) is 7.05 Å². The van der Waals surface area contributed by atoms with E-state index in [2.05, 4.69) is 17.2 Å². The summed E-state index contributed by atoms with van der Waals surface area (Å²) in [6, 6.07) is 0. The van der Waals surface area contributed by atoms with Gasteiger partial charge in [0, 0.05) is 26.8 Å². The minimum Gasteiger partial charge on any atom is -0.381 e. The lowest BCUT2D eigenvalue weighted by molar-refractivity contribution is 0.0944. The fraction of sp³-hybridized carbons (Fsp3) is 0.562. The number of unbranched alkanes of at least 4 members (excludes halogenated alkanes) is 1. The van der Waals surface area contributed by atoms with Crippen molar-refractivity contribution in [3.8, 4) is 0 Å². The molecule has 23 heavy (non-hydrogen) atoms. The van der Waals surface area contributed by atoms with Gasteiger partial charge in [-0.25, -0.2) is 4.98 Å². The van der Waals surface area contributed by atoms with Gasteiger partial charge in [0.25, 0.3) is 11.5 Å². The van der Waals surface area contributed by atoms with Gasteiger partial charge in [-0.15, -0.1) is 11.3 Å². The van der Waals surface area contributed by atoms with E-state index in [-0.39, 0.29) is 11.5 Å². The van der Waals surface area contributed by atoms with Gasteiger partial charge in [0.05, 0.1) is 16.6 Å². The van der Waals surface area contributed by atoms with E-state index >= 15 is 0 Å². The van der Waals surface area contributed by atoms with Crippen molar-refractivity contribution in [2.45, 2.75) is 33.1 Å². The van der Waals surface area contributed by atoms with Crippen LogP contribution in [0, 0.1) is 6.92 Å². The molecular weight excluding hydrogens is 314 g/mol. The Kier molecular flexibility index (Phi) is 6.29. The van der Waals surface area contributed by atoms with Gasteiger partial charge in [0.2, 0.25) is 0 Å². The predicted molar refractivity (Wildman–Crippen MR) is 92.3 cm³/mol. The van der Waals surface area contributed by atoms with Crippen molar-refractivity contribution in [3.05, 3.63) is 27.1 Å². The van der Waals surface area contributed by atoms with Crippen molar-refractivity contribution >= 4 is 27.5 Å². The van der Waals surface area contributed by atoms with E-state index in [1.807, 2.05) is 0 Å². The molecule has 7 heteroatoms. The number of nitrogens with one attached hydrogen (secondary N) is 1. The summed E-state index contributed by atoms with van der Waals surface area (Å²) in [6.45, 7) is 5.90. The molecule has 2 aromatic rings. The summed E-state index contributed by atoms with van der Waals surface area (Å²) >= 11 is 1.26. The Labute approximate surface area is 139 Å². The van der Waals surface area contributed by atoms with Crippen LogP contribution in [-0.2, 0) is 11.8 Å². The van der Waals surface area contributed by atoms with Crippen LogP contribution in [0.15, 0.2) is 11.1 Å². The first-order valence-electron chi connectivity index (χ1n) is 7.87. The number of fused-ring (bicyclic) bond motifs is 1. The molecule has 2 rings (SSSR count). The molecule has 126 valence electrons. The van der Waals surface area contributed by atoms with Crippen molar-refractivity contribution < 1.29 is 9.53 Å². The molecule has 0 atom stereocenters. The normalized spacial score (nSPS) is 11.1. The molecule has 0 fully saturated rings. The Balaban J connectivity index is 1.95. The third-order valence-corrected chi connectivity index (χ3v) is 4.81. The second-order valence-electron chi connectivity index (χ2n) is 5.47. The maximum atomic E-state index is 12.3. The lowest BCUT2D eigenvalue weighted by atomic mass is 10.2. The van der Waals surface area contributed by atoms with Crippen LogP contribution in [-0.4, -0.2) is 35.2 Å². The Morgan fingerprint density at radius 1 is 1.39 bits per heavy atom. The zero-order valence-electron chi connectivity index (χ0n) is 13.8. The van der Waals surface area contributed by atoms with E-state index in [9.17, 15) is 9.59 Å². The van der Waals surface area contributed by atoms with Gasteiger partial charge < -0.3 is 14.6 Å². The lowest BCUT2D eigenvalue weighted by Gasteiger charge is -2.05. The molecule has 6 nitrogen and oxygen atoms in total. The fourth-order valence-electron chi connectivity index (χ4n) is 2.23. The quantitative estimate of drug-likeness (QED) is 0.750. The van der Waals surface area contributed by atoms with E-state index in [0.717, 1.165) is 25.9 Å². The highest BCUT2D eigenvalue weighted by molar-refractivity contribution is 7.20. The van der Waals surface area contributed by atoms with E-state index in [1.165, 1.54) is 22.2 Å². The van der Waals surface area contributed by atoms with Gasteiger partial charge in [-0.2, -0.15) is 0 Å². The van der Waals surface area contributed by atoms with Crippen LogP contribution in [0.25, 0.3) is 10.2 Å². The van der Waals surface area contributed by atoms with E-state index in [1.54, 1.807) is 14.0 Å². The number of aromatic nitrogens is 2. The molecule has 1 N–H and O–H groups in total. The Morgan fingerprint density at radius 2 is 2.13 bits per heavy atom. The number of hydrogen-bond acceptors (Lipinski definition) is 5. The summed E-state index contributed by atoms with van der Waals surface area (Å²) in [7, 11) is 1.66.